The Morgan fingerprint density at radius 3 is 2.41 bits per heavy atom. The molecule has 0 radical (unpaired) electrons. The quantitative estimate of drug-likeness (QED) is 0.822. The predicted octanol–water partition coefficient (Wildman–Crippen LogP) is 4.25. The first-order chi connectivity index (χ1) is 8.24. The lowest BCUT2D eigenvalue weighted by Gasteiger charge is -2.36. The van der Waals surface area contributed by atoms with E-state index >= 15 is 0 Å². The molecule has 2 rings (SSSR count). The molecule has 94 valence electrons. The van der Waals surface area contributed by atoms with E-state index in [-0.39, 0.29) is 0 Å². The smallest absolute Gasteiger partial charge is 0.0896 e. The van der Waals surface area contributed by atoms with Crippen molar-refractivity contribution in [3.63, 3.8) is 0 Å². The zero-order chi connectivity index (χ0) is 12.1. The number of rotatable bonds is 4. The van der Waals surface area contributed by atoms with Crippen molar-refractivity contribution in [1.29, 1.82) is 0 Å². The fraction of sp³-hybridized carbons (Fsp3) is 0.625. The summed E-state index contributed by atoms with van der Waals surface area (Å²) >= 11 is 0. The Balaban J connectivity index is 1.93. The van der Waals surface area contributed by atoms with Gasteiger partial charge in [0.1, 0.15) is 0 Å². The third-order valence-corrected chi connectivity index (χ3v) is 4.21. The van der Waals surface area contributed by atoms with Crippen LogP contribution in [0.4, 0.5) is 0 Å². The molecule has 0 spiro atoms. The van der Waals surface area contributed by atoms with Crippen LogP contribution in [0.3, 0.4) is 0 Å². The first-order valence-electron chi connectivity index (χ1n) is 7.02. The minimum Gasteiger partial charge on any atom is -0.385 e. The molecule has 0 atom stereocenters. The van der Waals surface area contributed by atoms with Crippen LogP contribution in [0.15, 0.2) is 30.3 Å². The molecule has 0 aromatic heterocycles. The zero-order valence-corrected chi connectivity index (χ0v) is 10.9. The molecule has 1 nitrogen and oxygen atoms in total. The van der Waals surface area contributed by atoms with Crippen molar-refractivity contribution in [2.45, 2.75) is 57.5 Å². The minimum atomic E-state index is -0.552. The maximum Gasteiger partial charge on any atom is 0.0896 e. The molecule has 1 heteroatoms. The Hall–Kier alpha value is -0.820. The largest absolute Gasteiger partial charge is 0.385 e. The van der Waals surface area contributed by atoms with Gasteiger partial charge in [-0.1, -0.05) is 56.5 Å². The minimum absolute atomic E-state index is 0.552. The van der Waals surface area contributed by atoms with Crippen molar-refractivity contribution in [1.82, 2.24) is 0 Å². The van der Waals surface area contributed by atoms with Crippen molar-refractivity contribution >= 4 is 0 Å². The molecule has 17 heavy (non-hydrogen) atoms. The van der Waals surface area contributed by atoms with Crippen LogP contribution in [0.1, 0.15) is 57.4 Å². The zero-order valence-electron chi connectivity index (χ0n) is 10.9. The van der Waals surface area contributed by atoms with Crippen LogP contribution >= 0.6 is 0 Å². The van der Waals surface area contributed by atoms with E-state index in [9.17, 15) is 5.11 Å². The number of benzene rings is 1. The summed E-state index contributed by atoms with van der Waals surface area (Å²) in [5, 5.41) is 10.7. The Kier molecular flexibility index (Phi) is 4.22. The van der Waals surface area contributed by atoms with E-state index in [1.165, 1.54) is 32.1 Å². The van der Waals surface area contributed by atoms with Crippen LogP contribution in [0.5, 0.6) is 0 Å². The van der Waals surface area contributed by atoms with Crippen LogP contribution in [0.25, 0.3) is 0 Å². The van der Waals surface area contributed by atoms with Gasteiger partial charge in [-0.25, -0.2) is 0 Å². The summed E-state index contributed by atoms with van der Waals surface area (Å²) in [7, 11) is 0. The Labute approximate surface area is 105 Å². The second-order valence-electron chi connectivity index (χ2n) is 5.48. The Morgan fingerprint density at radius 2 is 1.82 bits per heavy atom. The van der Waals surface area contributed by atoms with Gasteiger partial charge in [-0.2, -0.15) is 0 Å². The van der Waals surface area contributed by atoms with Gasteiger partial charge in [0.05, 0.1) is 5.60 Å². The summed E-state index contributed by atoms with van der Waals surface area (Å²) in [6.07, 6.45) is 8.23. The number of hydrogen-bond donors (Lipinski definition) is 1. The van der Waals surface area contributed by atoms with Crippen LogP contribution in [-0.2, 0) is 5.60 Å². The topological polar surface area (TPSA) is 20.2 Å². The average molecular weight is 232 g/mol. The van der Waals surface area contributed by atoms with Gasteiger partial charge in [-0.05, 0) is 37.2 Å². The molecule has 0 saturated heterocycles. The monoisotopic (exact) mass is 232 g/mol. The first-order valence-corrected chi connectivity index (χ1v) is 7.02. The van der Waals surface area contributed by atoms with Crippen molar-refractivity contribution in [3.8, 4) is 0 Å². The Morgan fingerprint density at radius 1 is 1.18 bits per heavy atom. The molecule has 1 fully saturated rings. The lowest BCUT2D eigenvalue weighted by molar-refractivity contribution is -0.0153. The molecule has 0 amide bonds. The second-order valence-corrected chi connectivity index (χ2v) is 5.48. The third-order valence-electron chi connectivity index (χ3n) is 4.21. The average Bonchev–Trinajstić information content (AvgIpc) is 2.39. The fourth-order valence-corrected chi connectivity index (χ4v) is 2.97. The van der Waals surface area contributed by atoms with Gasteiger partial charge in [0, 0.05) is 0 Å². The lowest BCUT2D eigenvalue weighted by Crippen LogP contribution is -2.31. The highest BCUT2D eigenvalue weighted by Gasteiger charge is 2.34. The van der Waals surface area contributed by atoms with Crippen molar-refractivity contribution in [3.05, 3.63) is 35.9 Å². The lowest BCUT2D eigenvalue weighted by atomic mass is 9.74. The van der Waals surface area contributed by atoms with Crippen molar-refractivity contribution in [2.75, 3.05) is 0 Å². The molecule has 0 aliphatic heterocycles. The Bertz CT molecular complexity index is 323. The van der Waals surface area contributed by atoms with E-state index in [0.717, 1.165) is 24.3 Å². The maximum absolute atomic E-state index is 10.7. The maximum atomic E-state index is 10.7. The van der Waals surface area contributed by atoms with Gasteiger partial charge in [0.2, 0.25) is 0 Å². The van der Waals surface area contributed by atoms with E-state index in [4.69, 9.17) is 0 Å². The predicted molar refractivity (Wildman–Crippen MR) is 71.8 cm³/mol. The van der Waals surface area contributed by atoms with Gasteiger partial charge in [-0.15, -0.1) is 0 Å². The molecular formula is C16H24O. The molecular weight excluding hydrogens is 208 g/mol. The molecule has 0 heterocycles. The van der Waals surface area contributed by atoms with Crippen LogP contribution in [-0.4, -0.2) is 5.11 Å². The third kappa shape index (κ3) is 3.10. The number of unbranched alkanes of at least 4 members (excludes halogenated alkanes) is 1. The van der Waals surface area contributed by atoms with E-state index in [2.05, 4.69) is 19.1 Å². The van der Waals surface area contributed by atoms with E-state index in [1.807, 2.05) is 18.2 Å². The van der Waals surface area contributed by atoms with Gasteiger partial charge in [0.15, 0.2) is 0 Å². The van der Waals surface area contributed by atoms with Crippen molar-refractivity contribution in [2.24, 2.45) is 5.92 Å². The van der Waals surface area contributed by atoms with Crippen LogP contribution in [0.2, 0.25) is 0 Å². The molecule has 1 N–H and O–H groups in total. The highest BCUT2D eigenvalue weighted by Crippen LogP contribution is 2.40. The number of hydrogen-bond acceptors (Lipinski definition) is 1. The standard InChI is InChI=1S/C16H24O/c1-2-3-7-14-10-12-16(17,13-11-14)15-8-5-4-6-9-15/h4-6,8-9,14,17H,2-3,7,10-13H2,1H3. The highest BCUT2D eigenvalue weighted by molar-refractivity contribution is 5.22. The highest BCUT2D eigenvalue weighted by atomic mass is 16.3. The first kappa shape index (κ1) is 12.6. The summed E-state index contributed by atoms with van der Waals surface area (Å²) < 4.78 is 0. The van der Waals surface area contributed by atoms with Gasteiger partial charge in [-0.3, -0.25) is 0 Å². The summed E-state index contributed by atoms with van der Waals surface area (Å²) in [6.45, 7) is 2.25. The molecule has 1 aliphatic carbocycles. The summed E-state index contributed by atoms with van der Waals surface area (Å²) in [6, 6.07) is 10.2. The molecule has 1 aromatic rings. The van der Waals surface area contributed by atoms with E-state index in [1.54, 1.807) is 0 Å². The van der Waals surface area contributed by atoms with Crippen molar-refractivity contribution < 1.29 is 5.11 Å². The molecule has 1 saturated carbocycles. The molecule has 0 bridgehead atoms. The van der Waals surface area contributed by atoms with Gasteiger partial charge in [0.25, 0.3) is 0 Å². The van der Waals surface area contributed by atoms with Gasteiger partial charge >= 0.3 is 0 Å². The van der Waals surface area contributed by atoms with E-state index in [0.29, 0.717) is 0 Å². The molecule has 1 aliphatic rings. The fourth-order valence-electron chi connectivity index (χ4n) is 2.97. The molecule has 0 unspecified atom stereocenters. The molecule has 1 aromatic carbocycles. The summed E-state index contributed by atoms with van der Waals surface area (Å²) in [5.41, 5.74) is 0.554. The van der Waals surface area contributed by atoms with Gasteiger partial charge < -0.3 is 5.11 Å². The summed E-state index contributed by atoms with van der Waals surface area (Å²) in [5.74, 6) is 0.846. The van der Waals surface area contributed by atoms with E-state index < -0.39 is 5.60 Å². The number of aliphatic hydroxyl groups is 1. The summed E-state index contributed by atoms with van der Waals surface area (Å²) in [4.78, 5) is 0. The van der Waals surface area contributed by atoms with Crippen LogP contribution in [0, 0.1) is 5.92 Å². The normalized spacial score (nSPS) is 29.2. The van der Waals surface area contributed by atoms with Crippen LogP contribution < -0.4 is 0 Å². The SMILES string of the molecule is CCCCC1CCC(O)(c2ccccc2)CC1. The second kappa shape index (κ2) is 5.68.